The van der Waals surface area contributed by atoms with E-state index in [1.165, 1.54) is 24.6 Å². The standard InChI is InChI=1S/C18H24N4O2S/c1-12(17(23)19-13-8-4-5-9-13)25-18-21-20-16(22(18)2)14-10-6-7-11-15(14)24-3/h6-7,10-13H,4-5,8-9H2,1-3H3,(H,19,23)/t12-/m0/s1. The van der Waals surface area contributed by atoms with Gasteiger partial charge in [-0.2, -0.15) is 0 Å². The highest BCUT2D eigenvalue weighted by atomic mass is 32.2. The topological polar surface area (TPSA) is 69.0 Å². The summed E-state index contributed by atoms with van der Waals surface area (Å²) in [6.07, 6.45) is 4.59. The van der Waals surface area contributed by atoms with Crippen LogP contribution in [0.1, 0.15) is 32.6 Å². The Morgan fingerprint density at radius 2 is 2.04 bits per heavy atom. The van der Waals surface area contributed by atoms with Crippen LogP contribution < -0.4 is 10.1 Å². The van der Waals surface area contributed by atoms with Gasteiger partial charge in [0, 0.05) is 13.1 Å². The number of methoxy groups -OCH3 is 1. The molecule has 1 aliphatic rings. The molecular weight excluding hydrogens is 336 g/mol. The molecule has 0 spiro atoms. The Balaban J connectivity index is 1.71. The minimum absolute atomic E-state index is 0.0683. The molecule has 1 aromatic heterocycles. The molecule has 1 heterocycles. The van der Waals surface area contributed by atoms with Crippen LogP contribution in [0.3, 0.4) is 0 Å². The van der Waals surface area contributed by atoms with Crippen molar-refractivity contribution in [3.05, 3.63) is 24.3 Å². The quantitative estimate of drug-likeness (QED) is 0.802. The van der Waals surface area contributed by atoms with E-state index in [-0.39, 0.29) is 11.2 Å². The highest BCUT2D eigenvalue weighted by Crippen LogP contribution is 2.31. The number of carbonyl (C=O) groups is 1. The molecule has 1 saturated carbocycles. The van der Waals surface area contributed by atoms with E-state index in [1.807, 2.05) is 42.8 Å². The Hall–Kier alpha value is -2.02. The third kappa shape index (κ3) is 3.98. The first kappa shape index (κ1) is 17.8. The minimum atomic E-state index is -0.214. The van der Waals surface area contributed by atoms with Gasteiger partial charge in [0.1, 0.15) is 5.75 Å². The zero-order valence-electron chi connectivity index (χ0n) is 14.9. The molecule has 2 aromatic rings. The maximum atomic E-state index is 12.4. The summed E-state index contributed by atoms with van der Waals surface area (Å²) in [4.78, 5) is 12.4. The van der Waals surface area contributed by atoms with Crippen molar-refractivity contribution in [2.75, 3.05) is 7.11 Å². The first-order valence-electron chi connectivity index (χ1n) is 8.60. The first-order chi connectivity index (χ1) is 12.1. The molecular formula is C18H24N4O2S. The molecule has 25 heavy (non-hydrogen) atoms. The summed E-state index contributed by atoms with van der Waals surface area (Å²) < 4.78 is 7.31. The average Bonchev–Trinajstić information content (AvgIpc) is 3.25. The second-order valence-corrected chi connectivity index (χ2v) is 7.62. The van der Waals surface area contributed by atoms with Gasteiger partial charge in [0.25, 0.3) is 0 Å². The number of thioether (sulfide) groups is 1. The van der Waals surface area contributed by atoms with Crippen LogP contribution in [0, 0.1) is 0 Å². The summed E-state index contributed by atoms with van der Waals surface area (Å²) in [5.41, 5.74) is 0.884. The maximum Gasteiger partial charge on any atom is 0.233 e. The number of amides is 1. The van der Waals surface area contributed by atoms with Crippen LogP contribution in [0.15, 0.2) is 29.4 Å². The fourth-order valence-corrected chi connectivity index (χ4v) is 3.91. The van der Waals surface area contributed by atoms with Gasteiger partial charge in [0.05, 0.1) is 17.9 Å². The highest BCUT2D eigenvalue weighted by Gasteiger charge is 2.23. The third-order valence-corrected chi connectivity index (χ3v) is 5.67. The van der Waals surface area contributed by atoms with E-state index in [9.17, 15) is 4.79 Å². The number of hydrogen-bond donors (Lipinski definition) is 1. The Morgan fingerprint density at radius 1 is 1.32 bits per heavy atom. The average molecular weight is 360 g/mol. The smallest absolute Gasteiger partial charge is 0.233 e. The van der Waals surface area contributed by atoms with Gasteiger partial charge in [-0.1, -0.05) is 36.7 Å². The van der Waals surface area contributed by atoms with Gasteiger partial charge in [-0.15, -0.1) is 10.2 Å². The van der Waals surface area contributed by atoms with Gasteiger partial charge in [0.15, 0.2) is 11.0 Å². The van der Waals surface area contributed by atoms with Crippen LogP contribution in [0.2, 0.25) is 0 Å². The molecule has 7 heteroatoms. The van der Waals surface area contributed by atoms with Crippen molar-refractivity contribution >= 4 is 17.7 Å². The molecule has 1 aliphatic carbocycles. The van der Waals surface area contributed by atoms with E-state index >= 15 is 0 Å². The predicted molar refractivity (Wildman–Crippen MR) is 98.7 cm³/mol. The number of nitrogens with one attached hydrogen (secondary N) is 1. The zero-order chi connectivity index (χ0) is 17.8. The lowest BCUT2D eigenvalue weighted by molar-refractivity contribution is -0.120. The van der Waals surface area contributed by atoms with Crippen LogP contribution in [0.25, 0.3) is 11.4 Å². The lowest BCUT2D eigenvalue weighted by Gasteiger charge is -2.16. The first-order valence-corrected chi connectivity index (χ1v) is 9.48. The lowest BCUT2D eigenvalue weighted by atomic mass is 10.2. The summed E-state index contributed by atoms with van der Waals surface area (Å²) in [7, 11) is 3.55. The second kappa shape index (κ2) is 7.91. The van der Waals surface area contributed by atoms with Gasteiger partial charge in [-0.25, -0.2) is 0 Å². The fourth-order valence-electron chi connectivity index (χ4n) is 3.08. The lowest BCUT2D eigenvalue weighted by Crippen LogP contribution is -2.37. The number of rotatable bonds is 6. The second-order valence-electron chi connectivity index (χ2n) is 6.32. The van der Waals surface area contributed by atoms with Gasteiger partial charge < -0.3 is 14.6 Å². The van der Waals surface area contributed by atoms with Crippen LogP contribution in [0.4, 0.5) is 0 Å². The molecule has 0 saturated heterocycles. The zero-order valence-corrected chi connectivity index (χ0v) is 15.7. The summed E-state index contributed by atoms with van der Waals surface area (Å²) in [6.45, 7) is 1.91. The van der Waals surface area contributed by atoms with E-state index in [1.54, 1.807) is 7.11 Å². The molecule has 0 bridgehead atoms. The molecule has 0 radical (unpaired) electrons. The van der Waals surface area contributed by atoms with Crippen molar-refractivity contribution in [3.8, 4) is 17.1 Å². The van der Waals surface area contributed by atoms with Crippen molar-refractivity contribution in [1.82, 2.24) is 20.1 Å². The fraction of sp³-hybridized carbons (Fsp3) is 0.500. The van der Waals surface area contributed by atoms with Crippen molar-refractivity contribution in [3.63, 3.8) is 0 Å². The number of aromatic nitrogens is 3. The van der Waals surface area contributed by atoms with Gasteiger partial charge in [-0.05, 0) is 31.9 Å². The Kier molecular flexibility index (Phi) is 5.63. The SMILES string of the molecule is COc1ccccc1-c1nnc(S[C@@H](C)C(=O)NC2CCCC2)n1C. The molecule has 1 N–H and O–H groups in total. The molecule has 1 atom stereocenters. The predicted octanol–water partition coefficient (Wildman–Crippen LogP) is 3.03. The summed E-state index contributed by atoms with van der Waals surface area (Å²) in [5.74, 6) is 1.55. The van der Waals surface area contributed by atoms with E-state index in [0.717, 1.165) is 35.1 Å². The number of benzene rings is 1. The Morgan fingerprint density at radius 3 is 2.76 bits per heavy atom. The molecule has 134 valence electrons. The summed E-state index contributed by atoms with van der Waals surface area (Å²) >= 11 is 1.43. The van der Waals surface area contributed by atoms with E-state index in [2.05, 4.69) is 15.5 Å². The number of para-hydroxylation sites is 1. The molecule has 3 rings (SSSR count). The molecule has 1 aromatic carbocycles. The molecule has 0 unspecified atom stereocenters. The third-order valence-electron chi connectivity index (χ3n) is 4.54. The Labute approximate surface area is 152 Å². The normalized spacial score (nSPS) is 16.0. The number of nitrogens with zero attached hydrogens (tertiary/aromatic N) is 3. The molecule has 1 fully saturated rings. The van der Waals surface area contributed by atoms with Gasteiger partial charge in [-0.3, -0.25) is 4.79 Å². The van der Waals surface area contributed by atoms with E-state index in [0.29, 0.717) is 6.04 Å². The van der Waals surface area contributed by atoms with Crippen molar-refractivity contribution in [2.45, 2.75) is 49.1 Å². The summed E-state index contributed by atoms with van der Waals surface area (Å²) in [5, 5.41) is 12.2. The van der Waals surface area contributed by atoms with E-state index < -0.39 is 0 Å². The van der Waals surface area contributed by atoms with Crippen molar-refractivity contribution in [2.24, 2.45) is 7.05 Å². The molecule has 6 nitrogen and oxygen atoms in total. The maximum absolute atomic E-state index is 12.4. The minimum Gasteiger partial charge on any atom is -0.496 e. The monoisotopic (exact) mass is 360 g/mol. The van der Waals surface area contributed by atoms with Crippen LogP contribution in [0.5, 0.6) is 5.75 Å². The molecule has 0 aliphatic heterocycles. The van der Waals surface area contributed by atoms with Crippen LogP contribution in [-0.4, -0.2) is 39.1 Å². The van der Waals surface area contributed by atoms with Crippen molar-refractivity contribution < 1.29 is 9.53 Å². The van der Waals surface area contributed by atoms with Gasteiger partial charge >= 0.3 is 0 Å². The van der Waals surface area contributed by atoms with Crippen LogP contribution in [-0.2, 0) is 11.8 Å². The highest BCUT2D eigenvalue weighted by molar-refractivity contribution is 8.00. The van der Waals surface area contributed by atoms with Crippen LogP contribution >= 0.6 is 11.8 Å². The van der Waals surface area contributed by atoms with E-state index in [4.69, 9.17) is 4.74 Å². The van der Waals surface area contributed by atoms with Crippen molar-refractivity contribution in [1.29, 1.82) is 0 Å². The largest absolute Gasteiger partial charge is 0.496 e. The molecule has 1 amide bonds. The van der Waals surface area contributed by atoms with Gasteiger partial charge in [0.2, 0.25) is 5.91 Å². The number of carbonyl (C=O) groups excluding carboxylic acids is 1. The summed E-state index contributed by atoms with van der Waals surface area (Å²) in [6, 6.07) is 8.04. The Bertz CT molecular complexity index is 740. The number of ether oxygens (including phenoxy) is 1. The number of hydrogen-bond acceptors (Lipinski definition) is 5.